The van der Waals surface area contributed by atoms with Gasteiger partial charge in [0.2, 0.25) is 0 Å². The summed E-state index contributed by atoms with van der Waals surface area (Å²) in [5.74, 6) is 1.39. The van der Waals surface area contributed by atoms with Gasteiger partial charge < -0.3 is 14.8 Å². The first-order chi connectivity index (χ1) is 6.81. The van der Waals surface area contributed by atoms with E-state index in [1.54, 1.807) is 20.3 Å². The quantitative estimate of drug-likeness (QED) is 0.737. The van der Waals surface area contributed by atoms with Crippen LogP contribution in [0.5, 0.6) is 11.5 Å². The molecule has 0 aliphatic heterocycles. The lowest BCUT2D eigenvalue weighted by atomic mass is 10.2. The first kappa shape index (κ1) is 10.2. The van der Waals surface area contributed by atoms with Gasteiger partial charge in [0.05, 0.1) is 26.0 Å². The summed E-state index contributed by atoms with van der Waals surface area (Å²) < 4.78 is 10.2. The van der Waals surface area contributed by atoms with Gasteiger partial charge in [-0.25, -0.2) is 0 Å². The van der Waals surface area contributed by atoms with Gasteiger partial charge in [0.25, 0.3) is 0 Å². The molecule has 0 fully saturated rings. The Morgan fingerprint density at radius 1 is 1.36 bits per heavy atom. The van der Waals surface area contributed by atoms with E-state index in [0.717, 1.165) is 11.4 Å². The average molecular weight is 192 g/mol. The van der Waals surface area contributed by atoms with Crippen LogP contribution in [-0.4, -0.2) is 20.8 Å². The number of ether oxygens (including phenoxy) is 2. The number of nitrogens with zero attached hydrogens (tertiary/aromatic N) is 1. The van der Waals surface area contributed by atoms with Gasteiger partial charge in [-0.05, 0) is 12.1 Å². The molecule has 0 aromatic heterocycles. The Balaban J connectivity index is 2.88. The van der Waals surface area contributed by atoms with Crippen molar-refractivity contribution < 1.29 is 9.47 Å². The van der Waals surface area contributed by atoms with Gasteiger partial charge in [0, 0.05) is 6.07 Å². The zero-order valence-electron chi connectivity index (χ0n) is 8.20. The maximum absolute atomic E-state index is 8.41. The Hall–Kier alpha value is -1.89. The molecular weight excluding hydrogens is 180 g/mol. The van der Waals surface area contributed by atoms with Gasteiger partial charge in [0.15, 0.2) is 0 Å². The molecule has 1 aromatic carbocycles. The predicted molar refractivity (Wildman–Crippen MR) is 53.6 cm³/mol. The number of nitriles is 1. The fourth-order valence-corrected chi connectivity index (χ4v) is 1.08. The van der Waals surface area contributed by atoms with Crippen LogP contribution in [0.3, 0.4) is 0 Å². The fraction of sp³-hybridized carbons (Fsp3) is 0.300. The Morgan fingerprint density at radius 3 is 2.71 bits per heavy atom. The van der Waals surface area contributed by atoms with Crippen molar-refractivity contribution in [2.24, 2.45) is 0 Å². The number of nitrogens with one attached hydrogen (secondary N) is 1. The van der Waals surface area contributed by atoms with Crippen molar-refractivity contribution in [3.63, 3.8) is 0 Å². The van der Waals surface area contributed by atoms with Crippen molar-refractivity contribution in [2.45, 2.75) is 0 Å². The summed E-state index contributed by atoms with van der Waals surface area (Å²) in [4.78, 5) is 0. The molecule has 0 saturated heterocycles. The third-order valence-electron chi connectivity index (χ3n) is 1.77. The Bertz CT molecular complexity index is 344. The molecule has 0 atom stereocenters. The van der Waals surface area contributed by atoms with E-state index in [1.807, 2.05) is 18.2 Å². The summed E-state index contributed by atoms with van der Waals surface area (Å²) in [6.45, 7) is 0.253. The highest BCUT2D eigenvalue weighted by Crippen LogP contribution is 2.28. The maximum atomic E-state index is 8.41. The van der Waals surface area contributed by atoms with Crippen molar-refractivity contribution in [3.05, 3.63) is 18.2 Å². The summed E-state index contributed by atoms with van der Waals surface area (Å²) in [6, 6.07) is 7.38. The first-order valence-electron chi connectivity index (χ1n) is 4.14. The molecule has 4 nitrogen and oxygen atoms in total. The van der Waals surface area contributed by atoms with Crippen LogP contribution in [-0.2, 0) is 0 Å². The standard InChI is InChI=1S/C10H12N2O2/c1-13-8-3-4-9(12-6-5-11)10(7-8)14-2/h3-4,7,12H,6H2,1-2H3. The van der Waals surface area contributed by atoms with Crippen LogP contribution >= 0.6 is 0 Å². The predicted octanol–water partition coefficient (Wildman–Crippen LogP) is 1.64. The molecule has 4 heteroatoms. The van der Waals surface area contributed by atoms with Gasteiger partial charge in [-0.2, -0.15) is 5.26 Å². The molecular formula is C10H12N2O2. The largest absolute Gasteiger partial charge is 0.497 e. The zero-order valence-corrected chi connectivity index (χ0v) is 8.20. The van der Waals surface area contributed by atoms with E-state index >= 15 is 0 Å². The lowest BCUT2D eigenvalue weighted by Gasteiger charge is -2.10. The Morgan fingerprint density at radius 2 is 2.14 bits per heavy atom. The molecule has 0 aliphatic carbocycles. The lowest BCUT2D eigenvalue weighted by Crippen LogP contribution is -2.00. The highest BCUT2D eigenvalue weighted by molar-refractivity contribution is 5.59. The fourth-order valence-electron chi connectivity index (χ4n) is 1.08. The molecule has 14 heavy (non-hydrogen) atoms. The van der Waals surface area contributed by atoms with Gasteiger partial charge in [-0.15, -0.1) is 0 Å². The van der Waals surface area contributed by atoms with Gasteiger partial charge in [-0.1, -0.05) is 0 Å². The second-order valence-electron chi connectivity index (χ2n) is 2.58. The van der Waals surface area contributed by atoms with E-state index in [4.69, 9.17) is 14.7 Å². The molecule has 0 aliphatic rings. The van der Waals surface area contributed by atoms with Crippen molar-refractivity contribution in [2.75, 3.05) is 26.1 Å². The number of benzene rings is 1. The smallest absolute Gasteiger partial charge is 0.145 e. The average Bonchev–Trinajstić information content (AvgIpc) is 2.26. The summed E-state index contributed by atoms with van der Waals surface area (Å²) in [7, 11) is 3.17. The zero-order chi connectivity index (χ0) is 10.4. The molecule has 0 unspecified atom stereocenters. The number of rotatable bonds is 4. The normalized spacial score (nSPS) is 8.93. The van der Waals surface area contributed by atoms with Crippen molar-refractivity contribution in [3.8, 4) is 17.6 Å². The first-order valence-corrected chi connectivity index (χ1v) is 4.14. The Kier molecular flexibility index (Phi) is 3.62. The van der Waals surface area contributed by atoms with Crippen LogP contribution in [0.1, 0.15) is 0 Å². The molecule has 1 N–H and O–H groups in total. The molecule has 0 amide bonds. The summed E-state index contributed by atoms with van der Waals surface area (Å²) in [6.07, 6.45) is 0. The minimum atomic E-state index is 0.253. The SMILES string of the molecule is COc1ccc(NCC#N)c(OC)c1. The number of hydrogen-bond donors (Lipinski definition) is 1. The van der Waals surface area contributed by atoms with Crippen LogP contribution in [0.2, 0.25) is 0 Å². The van der Waals surface area contributed by atoms with Gasteiger partial charge in [0.1, 0.15) is 18.0 Å². The second-order valence-corrected chi connectivity index (χ2v) is 2.58. The summed E-state index contributed by atoms with van der Waals surface area (Å²) >= 11 is 0. The molecule has 0 saturated carbocycles. The van der Waals surface area contributed by atoms with Crippen molar-refractivity contribution in [1.29, 1.82) is 5.26 Å². The second kappa shape index (κ2) is 4.97. The van der Waals surface area contributed by atoms with Gasteiger partial charge >= 0.3 is 0 Å². The van der Waals surface area contributed by atoms with E-state index in [1.165, 1.54) is 0 Å². The third-order valence-corrected chi connectivity index (χ3v) is 1.77. The molecule has 1 rings (SSSR count). The topological polar surface area (TPSA) is 54.3 Å². The van der Waals surface area contributed by atoms with Crippen LogP contribution < -0.4 is 14.8 Å². The molecule has 0 heterocycles. The highest BCUT2D eigenvalue weighted by Gasteiger charge is 2.03. The molecule has 0 radical (unpaired) electrons. The van der Waals surface area contributed by atoms with Crippen LogP contribution in [0, 0.1) is 11.3 Å². The van der Waals surface area contributed by atoms with E-state index in [9.17, 15) is 0 Å². The van der Waals surface area contributed by atoms with Crippen LogP contribution in [0.15, 0.2) is 18.2 Å². The summed E-state index contributed by atoms with van der Waals surface area (Å²) in [5, 5.41) is 11.3. The molecule has 0 bridgehead atoms. The maximum Gasteiger partial charge on any atom is 0.145 e. The number of methoxy groups -OCH3 is 2. The minimum absolute atomic E-state index is 0.253. The molecule has 1 aromatic rings. The molecule has 0 spiro atoms. The van der Waals surface area contributed by atoms with Crippen molar-refractivity contribution >= 4 is 5.69 Å². The van der Waals surface area contributed by atoms with E-state index in [-0.39, 0.29) is 6.54 Å². The highest BCUT2D eigenvalue weighted by atomic mass is 16.5. The van der Waals surface area contributed by atoms with E-state index in [2.05, 4.69) is 5.32 Å². The molecule has 74 valence electrons. The minimum Gasteiger partial charge on any atom is -0.497 e. The number of anilines is 1. The summed E-state index contributed by atoms with van der Waals surface area (Å²) in [5.41, 5.74) is 0.787. The van der Waals surface area contributed by atoms with Gasteiger partial charge in [-0.3, -0.25) is 0 Å². The lowest BCUT2D eigenvalue weighted by molar-refractivity contribution is 0.395. The van der Waals surface area contributed by atoms with E-state index < -0.39 is 0 Å². The third kappa shape index (κ3) is 2.30. The van der Waals surface area contributed by atoms with Crippen LogP contribution in [0.25, 0.3) is 0 Å². The van der Waals surface area contributed by atoms with Crippen molar-refractivity contribution in [1.82, 2.24) is 0 Å². The monoisotopic (exact) mass is 192 g/mol. The Labute approximate surface area is 83.1 Å². The van der Waals surface area contributed by atoms with E-state index in [0.29, 0.717) is 5.75 Å². The number of hydrogen-bond acceptors (Lipinski definition) is 4. The van der Waals surface area contributed by atoms with Crippen LogP contribution in [0.4, 0.5) is 5.69 Å².